The minimum Gasteiger partial charge on any atom is -0.341 e. The number of carbonyl (C=O) groups is 1. The number of carbonyl (C=O) groups excluding carboxylic acids is 1. The first-order valence-corrected chi connectivity index (χ1v) is 5.26. The summed E-state index contributed by atoms with van der Waals surface area (Å²) in [6.07, 6.45) is 1.13. The molecule has 0 bridgehead atoms. The molecule has 0 heterocycles. The first-order chi connectivity index (χ1) is 7.17. The van der Waals surface area contributed by atoms with Gasteiger partial charge in [-0.05, 0) is 30.0 Å². The van der Waals surface area contributed by atoms with Gasteiger partial charge in [-0.15, -0.1) is 0 Å². The topological polar surface area (TPSA) is 41.1 Å². The average Bonchev–Trinajstić information content (AvgIpc) is 2.29. The summed E-state index contributed by atoms with van der Waals surface area (Å²) in [5.41, 5.74) is 2.13. The van der Waals surface area contributed by atoms with Gasteiger partial charge in [-0.2, -0.15) is 0 Å². The second kappa shape index (κ2) is 5.39. The van der Waals surface area contributed by atoms with Crippen molar-refractivity contribution in [1.29, 1.82) is 0 Å². The normalized spacial score (nSPS) is 11.9. The Morgan fingerprint density at radius 2 is 1.93 bits per heavy atom. The lowest BCUT2D eigenvalue weighted by Crippen LogP contribution is -2.24. The lowest BCUT2D eigenvalue weighted by atomic mass is 9.99. The second-order valence-electron chi connectivity index (χ2n) is 3.64. The molecule has 15 heavy (non-hydrogen) atoms. The van der Waals surface area contributed by atoms with Crippen LogP contribution in [0.4, 0.5) is 10.5 Å². The Morgan fingerprint density at radius 1 is 1.33 bits per heavy atom. The molecule has 1 unspecified atom stereocenters. The Bertz CT molecular complexity index is 319. The van der Waals surface area contributed by atoms with Crippen LogP contribution in [0.3, 0.4) is 0 Å². The van der Waals surface area contributed by atoms with Crippen LogP contribution in [0.5, 0.6) is 0 Å². The highest BCUT2D eigenvalue weighted by atomic mass is 16.2. The van der Waals surface area contributed by atoms with Crippen molar-refractivity contribution in [3.8, 4) is 0 Å². The molecule has 0 aliphatic heterocycles. The fraction of sp³-hybridized carbons (Fsp3) is 0.417. The lowest BCUT2D eigenvalue weighted by Gasteiger charge is -2.10. The van der Waals surface area contributed by atoms with Crippen LogP contribution < -0.4 is 10.6 Å². The Morgan fingerprint density at radius 3 is 2.40 bits per heavy atom. The minimum absolute atomic E-state index is 0.189. The van der Waals surface area contributed by atoms with Crippen LogP contribution >= 0.6 is 0 Å². The van der Waals surface area contributed by atoms with Gasteiger partial charge < -0.3 is 10.6 Å². The molecule has 3 nitrogen and oxygen atoms in total. The van der Waals surface area contributed by atoms with E-state index in [1.165, 1.54) is 5.56 Å². The van der Waals surface area contributed by atoms with Crippen LogP contribution in [0.1, 0.15) is 31.7 Å². The van der Waals surface area contributed by atoms with E-state index >= 15 is 0 Å². The average molecular weight is 206 g/mol. The van der Waals surface area contributed by atoms with Gasteiger partial charge in [0, 0.05) is 12.7 Å². The Balaban J connectivity index is 2.68. The molecule has 82 valence electrons. The molecule has 0 fully saturated rings. The van der Waals surface area contributed by atoms with E-state index in [1.54, 1.807) is 7.05 Å². The molecule has 1 rings (SSSR count). The van der Waals surface area contributed by atoms with Crippen molar-refractivity contribution in [2.24, 2.45) is 0 Å². The minimum atomic E-state index is -0.189. The molecule has 0 aliphatic rings. The highest BCUT2D eigenvalue weighted by molar-refractivity contribution is 5.88. The molecule has 1 aromatic rings. The van der Waals surface area contributed by atoms with E-state index in [4.69, 9.17) is 0 Å². The van der Waals surface area contributed by atoms with Gasteiger partial charge >= 0.3 is 6.03 Å². The zero-order valence-corrected chi connectivity index (χ0v) is 9.50. The number of hydrogen-bond acceptors (Lipinski definition) is 1. The summed E-state index contributed by atoms with van der Waals surface area (Å²) in [5, 5.41) is 5.24. The van der Waals surface area contributed by atoms with E-state index in [0.717, 1.165) is 12.1 Å². The van der Waals surface area contributed by atoms with Gasteiger partial charge in [0.05, 0.1) is 0 Å². The maximum Gasteiger partial charge on any atom is 0.318 e. The Kier molecular flexibility index (Phi) is 4.16. The van der Waals surface area contributed by atoms with Crippen LogP contribution in [0.15, 0.2) is 24.3 Å². The number of benzene rings is 1. The maximum absolute atomic E-state index is 11.0. The molecular formula is C12H18N2O. The van der Waals surface area contributed by atoms with Gasteiger partial charge in [-0.25, -0.2) is 4.79 Å². The quantitative estimate of drug-likeness (QED) is 0.784. The third-order valence-electron chi connectivity index (χ3n) is 2.58. The van der Waals surface area contributed by atoms with E-state index in [-0.39, 0.29) is 6.03 Å². The first kappa shape index (κ1) is 11.6. The van der Waals surface area contributed by atoms with Crippen molar-refractivity contribution >= 4 is 11.7 Å². The predicted octanol–water partition coefficient (Wildman–Crippen LogP) is 2.95. The number of urea groups is 1. The summed E-state index contributed by atoms with van der Waals surface area (Å²) in [5.74, 6) is 0.569. The van der Waals surface area contributed by atoms with Crippen LogP contribution in [-0.4, -0.2) is 13.1 Å². The molecule has 0 aromatic heterocycles. The van der Waals surface area contributed by atoms with E-state index in [9.17, 15) is 4.79 Å². The summed E-state index contributed by atoms with van der Waals surface area (Å²) in [4.78, 5) is 11.0. The third kappa shape index (κ3) is 3.27. The summed E-state index contributed by atoms with van der Waals surface area (Å²) in [6.45, 7) is 4.36. The smallest absolute Gasteiger partial charge is 0.318 e. The molecule has 3 heteroatoms. The van der Waals surface area contributed by atoms with Crippen LogP contribution in [0, 0.1) is 0 Å². The molecule has 0 saturated heterocycles. The van der Waals surface area contributed by atoms with Gasteiger partial charge in [0.25, 0.3) is 0 Å². The summed E-state index contributed by atoms with van der Waals surface area (Å²) >= 11 is 0. The second-order valence-corrected chi connectivity index (χ2v) is 3.64. The van der Waals surface area contributed by atoms with E-state index in [1.807, 2.05) is 12.1 Å². The molecule has 1 atom stereocenters. The summed E-state index contributed by atoms with van der Waals surface area (Å²) in [7, 11) is 1.60. The molecule has 2 N–H and O–H groups in total. The fourth-order valence-electron chi connectivity index (χ4n) is 1.32. The highest BCUT2D eigenvalue weighted by Crippen LogP contribution is 2.20. The van der Waals surface area contributed by atoms with Gasteiger partial charge in [0.1, 0.15) is 0 Å². The SMILES string of the molecule is CCC(C)c1ccc(NC(=O)NC)cc1. The third-order valence-corrected chi connectivity index (χ3v) is 2.58. The molecule has 0 radical (unpaired) electrons. The van der Waals surface area contributed by atoms with E-state index < -0.39 is 0 Å². The number of nitrogens with one attached hydrogen (secondary N) is 2. The zero-order valence-electron chi connectivity index (χ0n) is 9.50. The van der Waals surface area contributed by atoms with E-state index in [2.05, 4.69) is 36.6 Å². The Hall–Kier alpha value is -1.51. The van der Waals surface area contributed by atoms with Crippen LogP contribution in [0.2, 0.25) is 0 Å². The van der Waals surface area contributed by atoms with Gasteiger partial charge in [-0.3, -0.25) is 0 Å². The molecular weight excluding hydrogens is 188 g/mol. The molecule has 2 amide bonds. The van der Waals surface area contributed by atoms with Crippen molar-refractivity contribution in [2.45, 2.75) is 26.2 Å². The molecule has 1 aromatic carbocycles. The zero-order chi connectivity index (χ0) is 11.3. The van der Waals surface area contributed by atoms with Crippen molar-refractivity contribution in [3.05, 3.63) is 29.8 Å². The maximum atomic E-state index is 11.0. The lowest BCUT2D eigenvalue weighted by molar-refractivity contribution is 0.254. The van der Waals surface area contributed by atoms with Crippen LogP contribution in [0.25, 0.3) is 0 Å². The van der Waals surface area contributed by atoms with Crippen LogP contribution in [-0.2, 0) is 0 Å². The predicted molar refractivity (Wildman–Crippen MR) is 63.2 cm³/mol. The summed E-state index contributed by atoms with van der Waals surface area (Å²) < 4.78 is 0. The molecule has 0 saturated carbocycles. The highest BCUT2D eigenvalue weighted by Gasteiger charge is 2.03. The monoisotopic (exact) mass is 206 g/mol. The number of amides is 2. The molecule has 0 aliphatic carbocycles. The van der Waals surface area contributed by atoms with Crippen molar-refractivity contribution in [3.63, 3.8) is 0 Å². The van der Waals surface area contributed by atoms with Crippen molar-refractivity contribution in [1.82, 2.24) is 5.32 Å². The van der Waals surface area contributed by atoms with Gasteiger partial charge in [0.2, 0.25) is 0 Å². The van der Waals surface area contributed by atoms with E-state index in [0.29, 0.717) is 5.92 Å². The number of hydrogen-bond donors (Lipinski definition) is 2. The number of rotatable bonds is 3. The Labute approximate surface area is 90.9 Å². The molecule has 0 spiro atoms. The van der Waals surface area contributed by atoms with Gasteiger partial charge in [-0.1, -0.05) is 26.0 Å². The van der Waals surface area contributed by atoms with Crippen molar-refractivity contribution in [2.75, 3.05) is 12.4 Å². The first-order valence-electron chi connectivity index (χ1n) is 5.26. The van der Waals surface area contributed by atoms with Gasteiger partial charge in [0.15, 0.2) is 0 Å². The summed E-state index contributed by atoms with van der Waals surface area (Å²) in [6, 6.07) is 7.78. The van der Waals surface area contributed by atoms with Crippen molar-refractivity contribution < 1.29 is 4.79 Å². The standard InChI is InChI=1S/C12H18N2O/c1-4-9(2)10-5-7-11(8-6-10)14-12(15)13-3/h5-9H,4H2,1-3H3,(H2,13,14,15). The largest absolute Gasteiger partial charge is 0.341 e. The fourth-order valence-corrected chi connectivity index (χ4v) is 1.32. The number of anilines is 1.